The van der Waals surface area contributed by atoms with E-state index in [4.69, 9.17) is 0 Å². The molecular formula is C4H7OS. The largest absolute Gasteiger partial charge is 0.291 e. The van der Waals surface area contributed by atoms with Gasteiger partial charge in [0.2, 0.25) is 0 Å². The summed E-state index contributed by atoms with van der Waals surface area (Å²) in [6, 6.07) is 0. The fraction of sp³-hybridized carbons (Fsp3) is 0.750. The highest BCUT2D eigenvalue weighted by atomic mass is 32.1. The second-order valence-corrected chi connectivity index (χ2v) is 1.42. The van der Waals surface area contributed by atoms with Crippen LogP contribution in [0, 0.1) is 0 Å². The summed E-state index contributed by atoms with van der Waals surface area (Å²) < 4.78 is 0. The van der Waals surface area contributed by atoms with Crippen LogP contribution in [0.25, 0.3) is 0 Å². The van der Waals surface area contributed by atoms with Crippen molar-refractivity contribution in [1.29, 1.82) is 0 Å². The van der Waals surface area contributed by atoms with Gasteiger partial charge in [0.25, 0.3) is 0 Å². The molecule has 0 N–H and O–H groups in total. The van der Waals surface area contributed by atoms with E-state index in [2.05, 4.69) is 12.6 Å². The first kappa shape index (κ1) is 6.02. The number of unbranched alkanes of at least 4 members (excludes halogenated alkanes) is 1. The molecule has 0 saturated heterocycles. The Morgan fingerprint density at radius 1 is 1.67 bits per heavy atom. The van der Waals surface area contributed by atoms with Crippen LogP contribution in [0.1, 0.15) is 12.8 Å². The standard InChI is InChI=1S/C4H7OS/c5-3-1-2-4-6/h6H,1-2,4H2. The lowest BCUT2D eigenvalue weighted by atomic mass is 10.4. The van der Waals surface area contributed by atoms with Crippen LogP contribution in [-0.4, -0.2) is 12.0 Å². The number of hydrogen-bond acceptors (Lipinski definition) is 2. The second kappa shape index (κ2) is 5.02. The minimum absolute atomic E-state index is 0.531. The summed E-state index contributed by atoms with van der Waals surface area (Å²) >= 11 is 3.88. The van der Waals surface area contributed by atoms with E-state index in [-0.39, 0.29) is 0 Å². The zero-order valence-corrected chi connectivity index (χ0v) is 4.37. The zero-order chi connectivity index (χ0) is 4.83. The smallest absolute Gasteiger partial charge is 0.198 e. The maximum Gasteiger partial charge on any atom is 0.198 e. The van der Waals surface area contributed by atoms with Crippen molar-refractivity contribution >= 4 is 18.9 Å². The van der Waals surface area contributed by atoms with Crippen LogP contribution in [0.15, 0.2) is 0 Å². The third-order valence-electron chi connectivity index (χ3n) is 0.437. The Labute approximate surface area is 43.2 Å². The van der Waals surface area contributed by atoms with Crippen LogP contribution in [0.5, 0.6) is 0 Å². The minimum atomic E-state index is 0.531. The van der Waals surface area contributed by atoms with Gasteiger partial charge in [-0.1, -0.05) is 0 Å². The molecule has 1 nitrogen and oxygen atoms in total. The third-order valence-corrected chi connectivity index (χ3v) is 0.753. The molecule has 0 atom stereocenters. The monoisotopic (exact) mass is 103 g/mol. The number of carbonyl (C=O) groups excluding carboxylic acids is 1. The van der Waals surface area contributed by atoms with Crippen molar-refractivity contribution in [3.8, 4) is 0 Å². The molecule has 6 heavy (non-hydrogen) atoms. The molecule has 0 heterocycles. The van der Waals surface area contributed by atoms with Crippen molar-refractivity contribution < 1.29 is 4.79 Å². The molecule has 35 valence electrons. The predicted octanol–water partition coefficient (Wildman–Crippen LogP) is 0.806. The molecule has 0 aliphatic rings. The topological polar surface area (TPSA) is 17.1 Å². The Hall–Kier alpha value is 0.0200. The van der Waals surface area contributed by atoms with E-state index in [9.17, 15) is 4.79 Å². The molecule has 1 radical (unpaired) electrons. The number of rotatable bonds is 3. The van der Waals surface area contributed by atoms with E-state index in [1.807, 2.05) is 0 Å². The van der Waals surface area contributed by atoms with Gasteiger partial charge in [0, 0.05) is 6.42 Å². The summed E-state index contributed by atoms with van der Waals surface area (Å²) in [5.41, 5.74) is 0. The van der Waals surface area contributed by atoms with E-state index < -0.39 is 0 Å². The Balaban J connectivity index is 2.49. The molecule has 0 fully saturated rings. The molecule has 0 rings (SSSR count). The number of hydrogen-bond donors (Lipinski definition) is 1. The Bertz CT molecular complexity index is 36.5. The van der Waals surface area contributed by atoms with E-state index in [0.29, 0.717) is 6.42 Å². The van der Waals surface area contributed by atoms with Gasteiger partial charge in [-0.2, -0.15) is 12.6 Å². The molecule has 2 heteroatoms. The van der Waals surface area contributed by atoms with Crippen molar-refractivity contribution in [1.82, 2.24) is 0 Å². The molecule has 0 bridgehead atoms. The van der Waals surface area contributed by atoms with E-state index in [0.717, 1.165) is 12.2 Å². The first-order valence-corrected chi connectivity index (χ1v) is 2.51. The summed E-state index contributed by atoms with van der Waals surface area (Å²) in [4.78, 5) is 9.40. The van der Waals surface area contributed by atoms with Crippen molar-refractivity contribution in [3.05, 3.63) is 0 Å². The molecule has 0 aromatic carbocycles. The maximum absolute atomic E-state index is 9.40. The van der Waals surface area contributed by atoms with Crippen LogP contribution >= 0.6 is 12.6 Å². The highest BCUT2D eigenvalue weighted by Gasteiger charge is 1.77. The quantitative estimate of drug-likeness (QED) is 0.413. The fourth-order valence-electron chi connectivity index (χ4n) is 0.151. The van der Waals surface area contributed by atoms with Crippen LogP contribution < -0.4 is 0 Å². The van der Waals surface area contributed by atoms with Crippen LogP contribution in [0.2, 0.25) is 0 Å². The first-order chi connectivity index (χ1) is 2.91. The normalized spacial score (nSPS) is 8.17. The molecular weight excluding hydrogens is 96.1 g/mol. The Morgan fingerprint density at radius 3 is 2.50 bits per heavy atom. The lowest BCUT2D eigenvalue weighted by Gasteiger charge is -1.77. The Morgan fingerprint density at radius 2 is 2.33 bits per heavy atom. The predicted molar refractivity (Wildman–Crippen MR) is 28.8 cm³/mol. The van der Waals surface area contributed by atoms with Gasteiger partial charge in [-0.3, -0.25) is 4.79 Å². The third kappa shape index (κ3) is 4.02. The molecule has 0 amide bonds. The van der Waals surface area contributed by atoms with E-state index >= 15 is 0 Å². The molecule has 0 saturated carbocycles. The fourth-order valence-corrected chi connectivity index (χ4v) is 0.309. The lowest BCUT2D eigenvalue weighted by molar-refractivity contribution is 0.550. The molecule has 0 aliphatic carbocycles. The summed E-state index contributed by atoms with van der Waals surface area (Å²) in [7, 11) is 0. The average Bonchev–Trinajstić information content (AvgIpc) is 1.61. The van der Waals surface area contributed by atoms with Gasteiger partial charge < -0.3 is 0 Å². The van der Waals surface area contributed by atoms with Crippen molar-refractivity contribution in [2.75, 3.05) is 5.75 Å². The van der Waals surface area contributed by atoms with Crippen LogP contribution in [-0.2, 0) is 4.79 Å². The first-order valence-electron chi connectivity index (χ1n) is 1.87. The summed E-state index contributed by atoms with van der Waals surface area (Å²) in [6.07, 6.45) is 3.15. The van der Waals surface area contributed by atoms with Crippen LogP contribution in [0.4, 0.5) is 0 Å². The van der Waals surface area contributed by atoms with Crippen molar-refractivity contribution in [2.24, 2.45) is 0 Å². The average molecular weight is 103 g/mol. The van der Waals surface area contributed by atoms with Gasteiger partial charge in [0.05, 0.1) is 0 Å². The van der Waals surface area contributed by atoms with Crippen LogP contribution in [0.3, 0.4) is 0 Å². The highest BCUT2D eigenvalue weighted by molar-refractivity contribution is 7.80. The minimum Gasteiger partial charge on any atom is -0.291 e. The molecule has 0 aromatic rings. The SMILES string of the molecule is O=[C]CCCS. The van der Waals surface area contributed by atoms with Crippen molar-refractivity contribution in [2.45, 2.75) is 12.8 Å². The summed E-state index contributed by atoms with van der Waals surface area (Å²) in [6.45, 7) is 0. The molecule has 0 spiro atoms. The van der Waals surface area contributed by atoms with Gasteiger partial charge in [0.1, 0.15) is 0 Å². The molecule has 0 aromatic heterocycles. The summed E-state index contributed by atoms with van der Waals surface area (Å²) in [5, 5.41) is 0. The van der Waals surface area contributed by atoms with Gasteiger partial charge in [0.15, 0.2) is 6.29 Å². The number of thiol groups is 1. The summed E-state index contributed by atoms with van der Waals surface area (Å²) in [5.74, 6) is 0.787. The van der Waals surface area contributed by atoms with Crippen molar-refractivity contribution in [3.63, 3.8) is 0 Å². The van der Waals surface area contributed by atoms with Gasteiger partial charge in [-0.25, -0.2) is 0 Å². The van der Waals surface area contributed by atoms with E-state index in [1.165, 1.54) is 0 Å². The molecule has 0 unspecified atom stereocenters. The zero-order valence-electron chi connectivity index (χ0n) is 3.48. The van der Waals surface area contributed by atoms with Gasteiger partial charge >= 0.3 is 0 Å². The lowest BCUT2D eigenvalue weighted by Crippen LogP contribution is -1.74. The van der Waals surface area contributed by atoms with Gasteiger partial charge in [-0.05, 0) is 12.2 Å². The molecule has 0 aliphatic heterocycles. The van der Waals surface area contributed by atoms with E-state index in [1.54, 1.807) is 6.29 Å². The maximum atomic E-state index is 9.40. The van der Waals surface area contributed by atoms with Gasteiger partial charge in [-0.15, -0.1) is 0 Å². The second-order valence-electron chi connectivity index (χ2n) is 0.971. The highest BCUT2D eigenvalue weighted by Crippen LogP contribution is 1.84. The Kier molecular flexibility index (Phi) is 5.04.